The predicted molar refractivity (Wildman–Crippen MR) is 38.8 cm³/mol. The number of aldehydes is 1. The average molecular weight is 153 g/mol. The molecule has 1 saturated heterocycles. The van der Waals surface area contributed by atoms with Crippen LogP contribution < -0.4 is 0 Å². The van der Waals surface area contributed by atoms with Gasteiger partial charge in [-0.25, -0.2) is 0 Å². The number of hydrogen-bond acceptors (Lipinski definition) is 3. The molecule has 1 heterocycles. The van der Waals surface area contributed by atoms with Crippen LogP contribution in [0.15, 0.2) is 0 Å². The third-order valence-corrected chi connectivity index (χ3v) is 2.16. The second-order valence-electron chi connectivity index (χ2n) is 2.88. The van der Waals surface area contributed by atoms with Gasteiger partial charge >= 0.3 is 0 Å². The molecular formula is C8H11NO2. The van der Waals surface area contributed by atoms with E-state index in [0.29, 0.717) is 32.5 Å². The molecule has 0 bridgehead atoms. The van der Waals surface area contributed by atoms with Crippen LogP contribution in [0.4, 0.5) is 0 Å². The first-order valence-electron chi connectivity index (χ1n) is 3.76. The minimum Gasteiger partial charge on any atom is -0.381 e. The molecule has 1 rings (SSSR count). The summed E-state index contributed by atoms with van der Waals surface area (Å²) in [4.78, 5) is 10.2. The third kappa shape index (κ3) is 1.78. The molecule has 1 aliphatic heterocycles. The van der Waals surface area contributed by atoms with Gasteiger partial charge in [0.15, 0.2) is 0 Å². The Labute approximate surface area is 66.0 Å². The van der Waals surface area contributed by atoms with Crippen LogP contribution in [0.2, 0.25) is 0 Å². The lowest BCUT2D eigenvalue weighted by atomic mass is 9.79. The largest absolute Gasteiger partial charge is 0.381 e. The molecule has 1 aliphatic rings. The molecule has 3 nitrogen and oxygen atoms in total. The zero-order valence-corrected chi connectivity index (χ0v) is 6.38. The number of nitrogens with zero attached hydrogens (tertiary/aromatic N) is 1. The van der Waals surface area contributed by atoms with E-state index in [4.69, 9.17) is 10.00 Å². The van der Waals surface area contributed by atoms with Crippen molar-refractivity contribution in [3.05, 3.63) is 0 Å². The highest BCUT2D eigenvalue weighted by molar-refractivity contribution is 5.52. The van der Waals surface area contributed by atoms with Crippen LogP contribution in [0, 0.1) is 16.7 Å². The first-order valence-corrected chi connectivity index (χ1v) is 3.76. The van der Waals surface area contributed by atoms with E-state index in [1.807, 2.05) is 0 Å². The van der Waals surface area contributed by atoms with E-state index in [1.54, 1.807) is 0 Å². The number of rotatable bonds is 2. The van der Waals surface area contributed by atoms with Gasteiger partial charge in [0.1, 0.15) is 6.29 Å². The van der Waals surface area contributed by atoms with Gasteiger partial charge in [-0.2, -0.15) is 5.26 Å². The summed E-state index contributed by atoms with van der Waals surface area (Å²) in [5.74, 6) is 0. The van der Waals surface area contributed by atoms with E-state index in [-0.39, 0.29) is 0 Å². The molecule has 0 aliphatic carbocycles. The second kappa shape index (κ2) is 3.49. The van der Waals surface area contributed by atoms with E-state index in [1.165, 1.54) is 0 Å². The maximum absolute atomic E-state index is 10.2. The van der Waals surface area contributed by atoms with Gasteiger partial charge in [-0.1, -0.05) is 0 Å². The standard InChI is InChI=1S/C8H11NO2/c9-7-8(1-4-10)2-5-11-6-3-8/h4H,1-3,5-6H2. The normalized spacial score (nSPS) is 22.1. The molecule has 60 valence electrons. The van der Waals surface area contributed by atoms with E-state index in [0.717, 1.165) is 6.29 Å². The maximum Gasteiger partial charge on any atom is 0.121 e. The molecular weight excluding hydrogens is 142 g/mol. The first-order chi connectivity index (χ1) is 5.33. The Hall–Kier alpha value is -0.880. The fourth-order valence-electron chi connectivity index (χ4n) is 1.28. The summed E-state index contributed by atoms with van der Waals surface area (Å²) in [7, 11) is 0. The van der Waals surface area contributed by atoms with E-state index >= 15 is 0 Å². The van der Waals surface area contributed by atoms with Crippen molar-refractivity contribution in [2.24, 2.45) is 5.41 Å². The van der Waals surface area contributed by atoms with Gasteiger partial charge in [-0.15, -0.1) is 0 Å². The molecule has 0 amide bonds. The molecule has 0 radical (unpaired) electrons. The van der Waals surface area contributed by atoms with Crippen LogP contribution in [0.25, 0.3) is 0 Å². The Balaban J connectivity index is 2.58. The fraction of sp³-hybridized carbons (Fsp3) is 0.750. The topological polar surface area (TPSA) is 50.1 Å². The van der Waals surface area contributed by atoms with Crippen LogP contribution >= 0.6 is 0 Å². The van der Waals surface area contributed by atoms with Gasteiger partial charge in [0, 0.05) is 19.6 Å². The highest BCUT2D eigenvalue weighted by Gasteiger charge is 2.31. The molecule has 0 spiro atoms. The van der Waals surface area contributed by atoms with Crippen molar-refractivity contribution >= 4 is 6.29 Å². The minimum atomic E-state index is -0.417. The molecule has 11 heavy (non-hydrogen) atoms. The Morgan fingerprint density at radius 3 is 2.64 bits per heavy atom. The summed E-state index contributed by atoms with van der Waals surface area (Å²) < 4.78 is 5.11. The number of carbonyl (C=O) groups excluding carboxylic acids is 1. The van der Waals surface area contributed by atoms with E-state index in [9.17, 15) is 4.79 Å². The van der Waals surface area contributed by atoms with Gasteiger partial charge < -0.3 is 9.53 Å². The highest BCUT2D eigenvalue weighted by atomic mass is 16.5. The molecule has 0 aromatic heterocycles. The Bertz CT molecular complexity index is 177. The van der Waals surface area contributed by atoms with Gasteiger partial charge in [-0.3, -0.25) is 0 Å². The number of hydrogen-bond donors (Lipinski definition) is 0. The van der Waals surface area contributed by atoms with Crippen molar-refractivity contribution in [1.82, 2.24) is 0 Å². The number of nitriles is 1. The third-order valence-electron chi connectivity index (χ3n) is 2.16. The molecule has 0 N–H and O–H groups in total. The molecule has 0 unspecified atom stereocenters. The second-order valence-corrected chi connectivity index (χ2v) is 2.88. The monoisotopic (exact) mass is 153 g/mol. The summed E-state index contributed by atoms with van der Waals surface area (Å²) in [5, 5.41) is 8.81. The molecule has 1 fully saturated rings. The predicted octanol–water partition coefficient (Wildman–Crippen LogP) is 0.896. The van der Waals surface area contributed by atoms with Crippen LogP contribution in [-0.2, 0) is 9.53 Å². The lowest BCUT2D eigenvalue weighted by Crippen LogP contribution is -2.28. The summed E-state index contributed by atoms with van der Waals surface area (Å²) in [6.07, 6.45) is 2.58. The minimum absolute atomic E-state index is 0.354. The van der Waals surface area contributed by atoms with Crippen molar-refractivity contribution < 1.29 is 9.53 Å². The lowest BCUT2D eigenvalue weighted by molar-refractivity contribution is -0.110. The first kappa shape index (κ1) is 8.22. The van der Waals surface area contributed by atoms with Crippen molar-refractivity contribution in [2.75, 3.05) is 13.2 Å². The van der Waals surface area contributed by atoms with Gasteiger partial charge in [-0.05, 0) is 12.8 Å². The summed E-state index contributed by atoms with van der Waals surface area (Å²) in [6.45, 7) is 1.23. The molecule has 0 aromatic rings. The van der Waals surface area contributed by atoms with Crippen LogP contribution in [0.3, 0.4) is 0 Å². The quantitative estimate of drug-likeness (QED) is 0.554. The zero-order chi connectivity index (χ0) is 8.16. The molecule has 3 heteroatoms. The van der Waals surface area contributed by atoms with Crippen molar-refractivity contribution in [3.8, 4) is 6.07 Å². The fourth-order valence-corrected chi connectivity index (χ4v) is 1.28. The van der Waals surface area contributed by atoms with Crippen molar-refractivity contribution in [1.29, 1.82) is 5.26 Å². The van der Waals surface area contributed by atoms with E-state index < -0.39 is 5.41 Å². The average Bonchev–Trinajstić information content (AvgIpc) is 2.07. The molecule has 0 saturated carbocycles. The summed E-state index contributed by atoms with van der Waals surface area (Å²) in [5.41, 5.74) is -0.417. The summed E-state index contributed by atoms with van der Waals surface area (Å²) >= 11 is 0. The maximum atomic E-state index is 10.2. The highest BCUT2D eigenvalue weighted by Crippen LogP contribution is 2.32. The van der Waals surface area contributed by atoms with Gasteiger partial charge in [0.25, 0.3) is 0 Å². The van der Waals surface area contributed by atoms with Gasteiger partial charge in [0.2, 0.25) is 0 Å². The zero-order valence-electron chi connectivity index (χ0n) is 6.38. The van der Waals surface area contributed by atoms with Crippen molar-refractivity contribution in [3.63, 3.8) is 0 Å². The van der Waals surface area contributed by atoms with Crippen LogP contribution in [0.5, 0.6) is 0 Å². The van der Waals surface area contributed by atoms with Gasteiger partial charge in [0.05, 0.1) is 11.5 Å². The summed E-state index contributed by atoms with van der Waals surface area (Å²) in [6, 6.07) is 2.21. The Morgan fingerprint density at radius 2 is 2.18 bits per heavy atom. The lowest BCUT2D eigenvalue weighted by Gasteiger charge is -2.28. The van der Waals surface area contributed by atoms with Crippen LogP contribution in [-0.4, -0.2) is 19.5 Å². The smallest absolute Gasteiger partial charge is 0.121 e. The van der Waals surface area contributed by atoms with Crippen LogP contribution in [0.1, 0.15) is 19.3 Å². The number of carbonyl (C=O) groups is 1. The SMILES string of the molecule is N#CC1(CC=O)CCOCC1. The molecule has 0 aromatic carbocycles. The number of ether oxygens (including phenoxy) is 1. The van der Waals surface area contributed by atoms with Crippen molar-refractivity contribution in [2.45, 2.75) is 19.3 Å². The Kier molecular flexibility index (Phi) is 2.61. The molecule has 0 atom stereocenters. The Morgan fingerprint density at radius 1 is 1.55 bits per heavy atom. The van der Waals surface area contributed by atoms with E-state index in [2.05, 4.69) is 6.07 Å².